The van der Waals surface area contributed by atoms with Crippen molar-refractivity contribution in [2.45, 2.75) is 11.8 Å². The smallest absolute Gasteiger partial charge is 0.296 e. The summed E-state index contributed by atoms with van der Waals surface area (Å²) in [6.07, 6.45) is 0. The fraction of sp³-hybridized carbons (Fsp3) is 0.0769. The molecule has 0 unspecified atom stereocenters. The van der Waals surface area contributed by atoms with Gasteiger partial charge in [0.1, 0.15) is 10.6 Å². The van der Waals surface area contributed by atoms with E-state index in [4.69, 9.17) is 20.8 Å². The number of nitrogens with two attached hydrogens (primary N) is 2. The summed E-state index contributed by atoms with van der Waals surface area (Å²) >= 11 is 0. The molecular weight excluding hydrogens is 280 g/mol. The molecule has 0 radical (unpaired) electrons. The van der Waals surface area contributed by atoms with Crippen LogP contribution in [0.25, 0.3) is 0 Å². The van der Waals surface area contributed by atoms with E-state index >= 15 is 0 Å². The van der Waals surface area contributed by atoms with Crippen LogP contribution in [0.4, 0.5) is 11.4 Å². The van der Waals surface area contributed by atoms with E-state index in [1.807, 2.05) is 19.1 Å². The molecule has 0 saturated carbocycles. The maximum Gasteiger partial charge on any atom is 0.296 e. The van der Waals surface area contributed by atoms with E-state index in [0.29, 0.717) is 5.75 Å². The van der Waals surface area contributed by atoms with Crippen LogP contribution in [0.3, 0.4) is 0 Å². The average Bonchev–Trinajstić information content (AvgIpc) is 2.34. The number of nitrogen functional groups attached to an aromatic ring is 2. The van der Waals surface area contributed by atoms with Gasteiger partial charge < -0.3 is 16.2 Å². The number of para-hydroxylation sites is 1. The zero-order valence-corrected chi connectivity index (χ0v) is 11.5. The molecule has 0 atom stereocenters. The highest BCUT2D eigenvalue weighted by Gasteiger charge is 2.17. The van der Waals surface area contributed by atoms with Gasteiger partial charge in [0.15, 0.2) is 5.75 Å². The zero-order chi connectivity index (χ0) is 14.9. The van der Waals surface area contributed by atoms with Crippen molar-refractivity contribution in [3.63, 3.8) is 0 Å². The Morgan fingerprint density at radius 3 is 2.30 bits per heavy atom. The Morgan fingerprint density at radius 2 is 1.70 bits per heavy atom. The first-order valence-corrected chi connectivity index (χ1v) is 7.13. The lowest BCUT2D eigenvalue weighted by Crippen LogP contribution is -2.05. The van der Waals surface area contributed by atoms with Crippen molar-refractivity contribution in [3.8, 4) is 11.5 Å². The Kier molecular flexibility index (Phi) is 3.56. The SMILES string of the molecule is Cc1ccccc1Oc1cc(N)c(S(=O)(=O)O)cc1N. The molecule has 0 spiro atoms. The summed E-state index contributed by atoms with van der Waals surface area (Å²) in [5, 5.41) is 0. The zero-order valence-electron chi connectivity index (χ0n) is 10.7. The van der Waals surface area contributed by atoms with Crippen LogP contribution in [0.15, 0.2) is 41.3 Å². The van der Waals surface area contributed by atoms with Gasteiger partial charge in [0.25, 0.3) is 10.1 Å². The minimum absolute atomic E-state index is 0.0649. The van der Waals surface area contributed by atoms with E-state index in [1.165, 1.54) is 6.07 Å². The highest BCUT2D eigenvalue weighted by molar-refractivity contribution is 7.86. The highest BCUT2D eigenvalue weighted by atomic mass is 32.2. The maximum atomic E-state index is 11.1. The quantitative estimate of drug-likeness (QED) is 0.590. The van der Waals surface area contributed by atoms with Crippen LogP contribution < -0.4 is 16.2 Å². The van der Waals surface area contributed by atoms with E-state index in [2.05, 4.69) is 0 Å². The van der Waals surface area contributed by atoms with E-state index in [0.717, 1.165) is 11.6 Å². The molecule has 106 valence electrons. The Labute approximate surface area is 116 Å². The first-order chi connectivity index (χ1) is 9.29. The molecule has 6 nitrogen and oxygen atoms in total. The van der Waals surface area contributed by atoms with Crippen LogP contribution in [0.2, 0.25) is 0 Å². The summed E-state index contributed by atoms with van der Waals surface area (Å²) in [5.74, 6) is 0.808. The Hall–Kier alpha value is -2.25. The summed E-state index contributed by atoms with van der Waals surface area (Å²) < 4.78 is 36.8. The largest absolute Gasteiger partial charge is 0.455 e. The average molecular weight is 294 g/mol. The van der Waals surface area contributed by atoms with Gasteiger partial charge in [-0.2, -0.15) is 8.42 Å². The molecule has 2 aromatic carbocycles. The van der Waals surface area contributed by atoms with Gasteiger partial charge in [-0.1, -0.05) is 18.2 Å². The van der Waals surface area contributed by atoms with Crippen LogP contribution in [0, 0.1) is 6.92 Å². The first kappa shape index (κ1) is 14.2. The third kappa shape index (κ3) is 2.84. The van der Waals surface area contributed by atoms with E-state index in [-0.39, 0.29) is 17.1 Å². The molecule has 0 aliphatic heterocycles. The molecule has 0 fully saturated rings. The number of aryl methyl sites for hydroxylation is 1. The molecule has 7 heteroatoms. The summed E-state index contributed by atoms with van der Waals surface area (Å²) in [6, 6.07) is 9.61. The lowest BCUT2D eigenvalue weighted by Gasteiger charge is -2.12. The molecule has 0 aliphatic carbocycles. The van der Waals surface area contributed by atoms with E-state index in [1.54, 1.807) is 12.1 Å². The Balaban J connectivity index is 2.45. The second-order valence-corrected chi connectivity index (χ2v) is 5.66. The number of anilines is 2. The van der Waals surface area contributed by atoms with Gasteiger partial charge in [0.2, 0.25) is 0 Å². The van der Waals surface area contributed by atoms with Gasteiger partial charge in [-0.3, -0.25) is 4.55 Å². The summed E-state index contributed by atoms with van der Waals surface area (Å²) in [6.45, 7) is 1.86. The minimum atomic E-state index is -4.41. The van der Waals surface area contributed by atoms with Crippen LogP contribution in [-0.4, -0.2) is 13.0 Å². The molecule has 0 aliphatic rings. The molecule has 20 heavy (non-hydrogen) atoms. The van der Waals surface area contributed by atoms with E-state index in [9.17, 15) is 8.42 Å². The fourth-order valence-electron chi connectivity index (χ4n) is 1.69. The van der Waals surface area contributed by atoms with Gasteiger partial charge in [-0.25, -0.2) is 0 Å². The lowest BCUT2D eigenvalue weighted by molar-refractivity contribution is 0.478. The third-order valence-corrected chi connectivity index (χ3v) is 3.64. The lowest BCUT2D eigenvalue weighted by atomic mass is 10.2. The first-order valence-electron chi connectivity index (χ1n) is 5.69. The number of ether oxygens (including phenoxy) is 1. The van der Waals surface area contributed by atoms with Crippen molar-refractivity contribution in [1.82, 2.24) is 0 Å². The van der Waals surface area contributed by atoms with Crippen molar-refractivity contribution < 1.29 is 17.7 Å². The molecule has 0 saturated heterocycles. The van der Waals surface area contributed by atoms with Crippen molar-refractivity contribution in [2.24, 2.45) is 0 Å². The highest BCUT2D eigenvalue weighted by Crippen LogP contribution is 2.34. The Bertz CT molecular complexity index is 757. The topological polar surface area (TPSA) is 116 Å². The van der Waals surface area contributed by atoms with E-state index < -0.39 is 15.0 Å². The molecule has 0 aromatic heterocycles. The van der Waals surface area contributed by atoms with Gasteiger partial charge in [0.05, 0.1) is 11.4 Å². The maximum absolute atomic E-state index is 11.1. The van der Waals surface area contributed by atoms with Crippen LogP contribution in [0.1, 0.15) is 5.56 Å². The van der Waals surface area contributed by atoms with Crippen molar-refractivity contribution in [3.05, 3.63) is 42.0 Å². The molecule has 0 bridgehead atoms. The third-order valence-electron chi connectivity index (χ3n) is 2.73. The van der Waals surface area contributed by atoms with Crippen LogP contribution in [0.5, 0.6) is 11.5 Å². The molecule has 0 amide bonds. The van der Waals surface area contributed by atoms with Crippen LogP contribution >= 0.6 is 0 Å². The monoisotopic (exact) mass is 294 g/mol. The van der Waals surface area contributed by atoms with Crippen molar-refractivity contribution in [1.29, 1.82) is 0 Å². The van der Waals surface area contributed by atoms with Crippen molar-refractivity contribution in [2.75, 3.05) is 11.5 Å². The van der Waals surface area contributed by atoms with Crippen LogP contribution in [-0.2, 0) is 10.1 Å². The molecule has 2 rings (SSSR count). The second-order valence-electron chi connectivity index (χ2n) is 4.27. The number of rotatable bonds is 3. The standard InChI is InChI=1S/C13H14N2O4S/c1-8-4-2-3-5-11(8)19-12-6-10(15)13(7-9(12)14)20(16,17)18/h2-7H,14-15H2,1H3,(H,16,17,18). The number of hydrogen-bond donors (Lipinski definition) is 3. The number of benzene rings is 2. The predicted molar refractivity (Wildman–Crippen MR) is 76.3 cm³/mol. The second kappa shape index (κ2) is 5.03. The Morgan fingerprint density at radius 1 is 1.05 bits per heavy atom. The molecule has 2 aromatic rings. The molecular formula is C13H14N2O4S. The minimum Gasteiger partial charge on any atom is -0.455 e. The summed E-state index contributed by atoms with van der Waals surface area (Å²) in [7, 11) is -4.41. The number of hydrogen-bond acceptors (Lipinski definition) is 5. The van der Waals surface area contributed by atoms with Gasteiger partial charge in [-0.15, -0.1) is 0 Å². The normalized spacial score (nSPS) is 11.3. The fourth-order valence-corrected chi connectivity index (χ4v) is 2.33. The van der Waals surface area contributed by atoms with Crippen molar-refractivity contribution >= 4 is 21.5 Å². The molecule has 5 N–H and O–H groups in total. The van der Waals surface area contributed by atoms with Gasteiger partial charge in [0, 0.05) is 6.07 Å². The molecule has 0 heterocycles. The summed E-state index contributed by atoms with van der Waals surface area (Å²) in [4.78, 5) is -0.438. The summed E-state index contributed by atoms with van der Waals surface area (Å²) in [5.41, 5.74) is 12.1. The predicted octanol–water partition coefficient (Wildman–Crippen LogP) is 2.20. The van der Waals surface area contributed by atoms with Gasteiger partial charge in [-0.05, 0) is 24.6 Å². The van der Waals surface area contributed by atoms with Gasteiger partial charge >= 0.3 is 0 Å².